The minimum absolute atomic E-state index is 0.548. The van der Waals surface area contributed by atoms with E-state index < -0.39 is 15.6 Å². The number of halogens is 3. The van der Waals surface area contributed by atoms with Crippen LogP contribution in [0.2, 0.25) is 0 Å². The molecule has 0 amide bonds. The lowest BCUT2D eigenvalue weighted by molar-refractivity contribution is -0.145. The van der Waals surface area contributed by atoms with E-state index in [9.17, 15) is 9.18 Å². The van der Waals surface area contributed by atoms with Crippen LogP contribution in [-0.4, -0.2) is 15.6 Å². The van der Waals surface area contributed by atoms with Crippen LogP contribution < -0.4 is 0 Å². The molecule has 1 aromatic rings. The van der Waals surface area contributed by atoms with E-state index in [4.69, 9.17) is 4.74 Å². The highest BCUT2D eigenvalue weighted by Gasteiger charge is 2.34. The summed E-state index contributed by atoms with van der Waals surface area (Å²) >= 11 is 5.54. The Labute approximate surface area is 116 Å². The van der Waals surface area contributed by atoms with E-state index in [-0.39, 0.29) is 0 Å². The Morgan fingerprint density at radius 2 is 2.00 bits per heavy atom. The summed E-state index contributed by atoms with van der Waals surface area (Å²) in [6.07, 6.45) is 2.12. The molecular weight excluding hydrogens is 355 g/mol. The Bertz CT molecular complexity index is 399. The van der Waals surface area contributed by atoms with Gasteiger partial charge >= 0.3 is 5.97 Å². The summed E-state index contributed by atoms with van der Waals surface area (Å²) in [5.41, 5.74) is 0.897. The van der Waals surface area contributed by atoms with Gasteiger partial charge in [0.25, 0.3) is 3.49 Å². The molecule has 0 spiro atoms. The molecule has 0 N–H and O–H groups in total. The first kappa shape index (κ1) is 14.4. The molecule has 0 aliphatic heterocycles. The van der Waals surface area contributed by atoms with Gasteiger partial charge in [-0.2, -0.15) is 0 Å². The lowest BCUT2D eigenvalue weighted by Crippen LogP contribution is -2.28. The summed E-state index contributed by atoms with van der Waals surface area (Å²) < 4.78 is 16.5. The maximum atomic E-state index is 13.6. The minimum atomic E-state index is -1.98. The number of hydrogen-bond donors (Lipinski definition) is 0. The zero-order valence-electron chi connectivity index (χ0n) is 9.07. The Morgan fingerprint density at radius 1 is 1.41 bits per heavy atom. The average molecular weight is 366 g/mol. The number of carbonyl (C=O) groups is 1. The molecule has 92 valence electrons. The maximum absolute atomic E-state index is 13.6. The predicted molar refractivity (Wildman–Crippen MR) is 72.7 cm³/mol. The van der Waals surface area contributed by atoms with Crippen molar-refractivity contribution < 1.29 is 13.9 Å². The molecule has 0 heterocycles. The molecule has 0 fully saturated rings. The molecule has 0 bridgehead atoms. The Hall–Kier alpha value is -0.680. The fraction of sp³-hybridized carbons (Fsp3) is 0.250. The lowest BCUT2D eigenvalue weighted by atomic mass is 10.2. The smallest absolute Gasteiger partial charge is 0.303 e. The SMILES string of the molecule is CC(=O)OC(/C=C/c1ccccc1)C(F)(Br)Br. The summed E-state index contributed by atoms with van der Waals surface area (Å²) in [7, 11) is 0. The van der Waals surface area contributed by atoms with Crippen LogP contribution in [0.4, 0.5) is 4.39 Å². The van der Waals surface area contributed by atoms with Crippen LogP contribution >= 0.6 is 31.9 Å². The van der Waals surface area contributed by atoms with Crippen LogP contribution in [0.15, 0.2) is 36.4 Å². The summed E-state index contributed by atoms with van der Waals surface area (Å²) in [4.78, 5) is 10.8. The van der Waals surface area contributed by atoms with Gasteiger partial charge in [-0.05, 0) is 43.5 Å². The summed E-state index contributed by atoms with van der Waals surface area (Å²) in [5, 5.41) is 0. The molecule has 0 saturated carbocycles. The summed E-state index contributed by atoms with van der Waals surface area (Å²) in [6, 6.07) is 9.35. The summed E-state index contributed by atoms with van der Waals surface area (Å²) in [5.74, 6) is -0.548. The van der Waals surface area contributed by atoms with Gasteiger partial charge in [0.2, 0.25) is 0 Å². The van der Waals surface area contributed by atoms with Crippen LogP contribution in [0.25, 0.3) is 6.08 Å². The molecule has 1 unspecified atom stereocenters. The monoisotopic (exact) mass is 364 g/mol. The largest absolute Gasteiger partial charge is 0.453 e. The Morgan fingerprint density at radius 3 is 2.47 bits per heavy atom. The Kier molecular flexibility index (Phi) is 5.33. The number of carbonyl (C=O) groups excluding carboxylic acids is 1. The van der Waals surface area contributed by atoms with Crippen molar-refractivity contribution in [2.75, 3.05) is 0 Å². The third-order valence-electron chi connectivity index (χ3n) is 1.88. The number of alkyl halides is 3. The van der Waals surface area contributed by atoms with E-state index in [2.05, 4.69) is 31.9 Å². The average Bonchev–Trinajstić information content (AvgIpc) is 2.23. The van der Waals surface area contributed by atoms with E-state index in [0.717, 1.165) is 5.56 Å². The Balaban J connectivity index is 2.80. The van der Waals surface area contributed by atoms with Gasteiger partial charge in [-0.1, -0.05) is 36.4 Å². The number of esters is 1. The van der Waals surface area contributed by atoms with Gasteiger partial charge in [-0.15, -0.1) is 0 Å². The molecule has 0 saturated heterocycles. The van der Waals surface area contributed by atoms with Crippen LogP contribution in [0.3, 0.4) is 0 Å². The molecule has 0 aliphatic carbocycles. The van der Waals surface area contributed by atoms with Crippen LogP contribution in [0.1, 0.15) is 12.5 Å². The van der Waals surface area contributed by atoms with Crippen molar-refractivity contribution in [1.29, 1.82) is 0 Å². The molecule has 0 aliphatic rings. The van der Waals surface area contributed by atoms with Crippen molar-refractivity contribution >= 4 is 43.9 Å². The van der Waals surface area contributed by atoms with Crippen molar-refractivity contribution in [3.8, 4) is 0 Å². The van der Waals surface area contributed by atoms with Gasteiger partial charge in [0.05, 0.1) is 0 Å². The number of ether oxygens (including phenoxy) is 1. The molecule has 0 aromatic heterocycles. The summed E-state index contributed by atoms with van der Waals surface area (Å²) in [6.45, 7) is 1.23. The van der Waals surface area contributed by atoms with Gasteiger partial charge in [0.15, 0.2) is 6.10 Å². The zero-order chi connectivity index (χ0) is 12.9. The molecular formula is C12H11Br2FO2. The van der Waals surface area contributed by atoms with Crippen LogP contribution in [0, 0.1) is 0 Å². The third-order valence-corrected chi connectivity index (χ3v) is 2.78. The van der Waals surface area contributed by atoms with Gasteiger partial charge in [0, 0.05) is 6.92 Å². The first-order chi connectivity index (χ1) is 7.89. The third kappa shape index (κ3) is 5.46. The van der Waals surface area contributed by atoms with Crippen LogP contribution in [-0.2, 0) is 9.53 Å². The van der Waals surface area contributed by atoms with Gasteiger partial charge in [-0.25, -0.2) is 4.39 Å². The van der Waals surface area contributed by atoms with Gasteiger partial charge in [-0.3, -0.25) is 4.79 Å². The van der Waals surface area contributed by atoms with Crippen molar-refractivity contribution in [2.24, 2.45) is 0 Å². The second-order valence-corrected chi connectivity index (χ2v) is 6.71. The van der Waals surface area contributed by atoms with Crippen molar-refractivity contribution in [2.45, 2.75) is 16.5 Å². The molecule has 1 atom stereocenters. The fourth-order valence-corrected chi connectivity index (χ4v) is 1.65. The standard InChI is InChI=1S/C12H11Br2FO2/c1-9(16)17-11(12(13,14)15)8-7-10-5-3-2-4-6-10/h2-8,11H,1H3/b8-7+. The van der Waals surface area contributed by atoms with E-state index in [1.165, 1.54) is 13.0 Å². The minimum Gasteiger partial charge on any atom is -0.453 e. The van der Waals surface area contributed by atoms with Gasteiger partial charge < -0.3 is 4.74 Å². The quantitative estimate of drug-likeness (QED) is 0.594. The second-order valence-electron chi connectivity index (χ2n) is 3.34. The molecule has 1 rings (SSSR count). The van der Waals surface area contributed by atoms with Crippen molar-refractivity contribution in [1.82, 2.24) is 0 Å². The topological polar surface area (TPSA) is 26.3 Å². The predicted octanol–water partition coefficient (Wildman–Crippen LogP) is 4.04. The second kappa shape index (κ2) is 6.31. The van der Waals surface area contributed by atoms with E-state index >= 15 is 0 Å². The lowest BCUT2D eigenvalue weighted by Gasteiger charge is -2.20. The highest BCUT2D eigenvalue weighted by molar-refractivity contribution is 9.25. The fourth-order valence-electron chi connectivity index (χ4n) is 1.16. The highest BCUT2D eigenvalue weighted by Crippen LogP contribution is 2.34. The van der Waals surface area contributed by atoms with Gasteiger partial charge in [0.1, 0.15) is 0 Å². The number of hydrogen-bond acceptors (Lipinski definition) is 2. The molecule has 17 heavy (non-hydrogen) atoms. The maximum Gasteiger partial charge on any atom is 0.303 e. The van der Waals surface area contributed by atoms with E-state index in [1.807, 2.05) is 30.3 Å². The van der Waals surface area contributed by atoms with Crippen molar-refractivity contribution in [3.63, 3.8) is 0 Å². The van der Waals surface area contributed by atoms with E-state index in [0.29, 0.717) is 0 Å². The molecule has 0 radical (unpaired) electrons. The molecule has 1 aromatic carbocycles. The molecule has 5 heteroatoms. The van der Waals surface area contributed by atoms with Crippen molar-refractivity contribution in [3.05, 3.63) is 42.0 Å². The number of benzene rings is 1. The normalized spacial score (nSPS) is 13.6. The first-order valence-corrected chi connectivity index (χ1v) is 6.45. The first-order valence-electron chi connectivity index (χ1n) is 4.87. The van der Waals surface area contributed by atoms with E-state index in [1.54, 1.807) is 6.08 Å². The zero-order valence-corrected chi connectivity index (χ0v) is 12.2. The molecule has 2 nitrogen and oxygen atoms in total. The number of rotatable bonds is 4. The highest BCUT2D eigenvalue weighted by atomic mass is 79.9. The van der Waals surface area contributed by atoms with Crippen LogP contribution in [0.5, 0.6) is 0 Å².